The Bertz CT molecular complexity index is 657. The number of rotatable bonds is 8. The van der Waals surface area contributed by atoms with E-state index in [0.29, 0.717) is 12.8 Å². The maximum Gasteiger partial charge on any atom is 0.404 e. The predicted octanol–water partition coefficient (Wildman–Crippen LogP) is 4.01. The molecule has 0 aliphatic heterocycles. The van der Waals surface area contributed by atoms with Crippen LogP contribution in [0.5, 0.6) is 0 Å². The monoisotopic (exact) mass is 538 g/mol. The second-order valence-electron chi connectivity index (χ2n) is 5.81. The summed E-state index contributed by atoms with van der Waals surface area (Å²) < 4.78 is 0. The molecule has 2 rings (SSSR count). The van der Waals surface area contributed by atoms with Crippen molar-refractivity contribution in [2.75, 3.05) is 6.16 Å². The Morgan fingerprint density at radius 1 is 0.800 bits per heavy atom. The van der Waals surface area contributed by atoms with Gasteiger partial charge in [0.15, 0.2) is 6.16 Å². The van der Waals surface area contributed by atoms with Crippen molar-refractivity contribution in [3.05, 3.63) is 96.1 Å². The van der Waals surface area contributed by atoms with Crippen molar-refractivity contribution in [1.82, 2.24) is 0 Å². The van der Waals surface area contributed by atoms with Gasteiger partial charge in [-0.3, -0.25) is 0 Å². The first-order valence-electron chi connectivity index (χ1n) is 7.90. The van der Waals surface area contributed by atoms with Gasteiger partial charge in [-0.15, -0.1) is 13.2 Å². The van der Waals surface area contributed by atoms with Gasteiger partial charge in [-0.2, -0.15) is 14.7 Å². The van der Waals surface area contributed by atoms with Crippen molar-refractivity contribution in [3.63, 3.8) is 0 Å². The summed E-state index contributed by atoms with van der Waals surface area (Å²) in [5.74, 6) is -0.300. The maximum atomic E-state index is 9.73. The third-order valence-electron chi connectivity index (χ3n) is 4.02. The van der Waals surface area contributed by atoms with Crippen molar-refractivity contribution in [3.8, 4) is 0 Å². The molecular weight excluding hydrogens is 514 g/mol. The summed E-state index contributed by atoms with van der Waals surface area (Å²) in [6.45, 7) is 7.59. The van der Waals surface area contributed by atoms with Crippen LogP contribution in [-0.2, 0) is 33.9 Å². The molecule has 0 bridgehead atoms. The van der Waals surface area contributed by atoms with Crippen LogP contribution >= 0.6 is 7.94 Å². The van der Waals surface area contributed by atoms with E-state index in [0.717, 1.165) is 22.3 Å². The van der Waals surface area contributed by atoms with Crippen LogP contribution in [0, 0.1) is 0 Å². The molecule has 136 valence electrons. The van der Waals surface area contributed by atoms with E-state index in [1.165, 1.54) is 0 Å². The average Bonchev–Trinajstić information content (AvgIpc) is 2.54. The van der Waals surface area contributed by atoms with Gasteiger partial charge in [0.25, 0.3) is 0 Å². The molecule has 3 N–H and O–H groups in total. The van der Waals surface area contributed by atoms with Crippen LogP contribution in [-0.4, -0.2) is 20.8 Å². The average molecular weight is 538 g/mol. The molecule has 0 unspecified atom stereocenters. The second kappa shape index (κ2) is 10.2. The topological polar surface area (TPSA) is 60.7 Å². The molecule has 0 heterocycles. The van der Waals surface area contributed by atoms with Gasteiger partial charge < -0.3 is 0 Å². The molecule has 0 spiro atoms. The SMILES string of the molecule is C=CCc1ccccc1C(C[P+](O)(O)O)c1ccccc1CC=C.[Pt]. The van der Waals surface area contributed by atoms with Gasteiger partial charge in [0, 0.05) is 21.1 Å². The van der Waals surface area contributed by atoms with Crippen molar-refractivity contribution in [2.24, 2.45) is 0 Å². The van der Waals surface area contributed by atoms with E-state index in [-0.39, 0.29) is 33.1 Å². The third-order valence-corrected chi connectivity index (χ3v) is 4.87. The summed E-state index contributed by atoms with van der Waals surface area (Å²) in [5, 5.41) is 0. The molecule has 0 aromatic heterocycles. The molecule has 0 saturated carbocycles. The van der Waals surface area contributed by atoms with E-state index in [1.807, 2.05) is 60.7 Å². The van der Waals surface area contributed by atoms with Crippen LogP contribution < -0.4 is 0 Å². The zero-order chi connectivity index (χ0) is 17.6. The summed E-state index contributed by atoms with van der Waals surface area (Å²) in [6, 6.07) is 15.7. The number of hydrogen-bond acceptors (Lipinski definition) is 3. The Kier molecular flexibility index (Phi) is 8.93. The number of allylic oxidation sites excluding steroid dienone is 2. The minimum Gasteiger partial charge on any atom is -0.193 e. The molecular formula is C20H24O3PPt+. The molecule has 2 aromatic rings. The molecule has 2 aromatic carbocycles. The summed E-state index contributed by atoms with van der Waals surface area (Å²) in [4.78, 5) is 29.2. The van der Waals surface area contributed by atoms with E-state index in [9.17, 15) is 14.7 Å². The quantitative estimate of drug-likeness (QED) is 0.352. The van der Waals surface area contributed by atoms with Crippen molar-refractivity contribution in [1.29, 1.82) is 0 Å². The Labute approximate surface area is 164 Å². The Morgan fingerprint density at radius 3 is 1.56 bits per heavy atom. The van der Waals surface area contributed by atoms with Gasteiger partial charge in [-0.25, -0.2) is 0 Å². The smallest absolute Gasteiger partial charge is 0.193 e. The molecule has 0 atom stereocenters. The van der Waals surface area contributed by atoms with E-state index in [1.54, 1.807) is 0 Å². The van der Waals surface area contributed by atoms with Gasteiger partial charge >= 0.3 is 7.94 Å². The zero-order valence-electron chi connectivity index (χ0n) is 14.0. The largest absolute Gasteiger partial charge is 0.404 e. The first-order valence-corrected chi connectivity index (χ1v) is 9.73. The molecule has 0 amide bonds. The molecule has 0 radical (unpaired) electrons. The van der Waals surface area contributed by atoms with Crippen LogP contribution in [0.1, 0.15) is 28.2 Å². The normalized spacial score (nSPS) is 11.0. The Morgan fingerprint density at radius 2 is 1.20 bits per heavy atom. The van der Waals surface area contributed by atoms with Crippen molar-refractivity contribution >= 4 is 7.94 Å². The summed E-state index contributed by atoms with van der Waals surface area (Å²) in [7, 11) is -3.93. The summed E-state index contributed by atoms with van der Waals surface area (Å²) in [6.07, 6.45) is 4.92. The minimum absolute atomic E-state index is 0. The summed E-state index contributed by atoms with van der Waals surface area (Å²) >= 11 is 0. The third kappa shape index (κ3) is 6.29. The van der Waals surface area contributed by atoms with Gasteiger partial charge in [-0.05, 0) is 35.1 Å². The maximum absolute atomic E-state index is 9.73. The molecule has 0 aliphatic carbocycles. The Balaban J connectivity index is 0.00000312. The van der Waals surface area contributed by atoms with Crippen LogP contribution in [0.4, 0.5) is 0 Å². The molecule has 0 fully saturated rings. The fourth-order valence-corrected chi connectivity index (χ4v) is 3.92. The van der Waals surface area contributed by atoms with Gasteiger partial charge in [0.2, 0.25) is 0 Å². The van der Waals surface area contributed by atoms with Gasteiger partial charge in [-0.1, -0.05) is 60.7 Å². The number of hydrogen-bond donors (Lipinski definition) is 3. The van der Waals surface area contributed by atoms with Gasteiger partial charge in [0.1, 0.15) is 0 Å². The minimum atomic E-state index is -3.93. The van der Waals surface area contributed by atoms with Crippen molar-refractivity contribution < 1.29 is 35.7 Å². The van der Waals surface area contributed by atoms with E-state index >= 15 is 0 Å². The summed E-state index contributed by atoms with van der Waals surface area (Å²) in [5.41, 5.74) is 4.10. The fraction of sp³-hybridized carbons (Fsp3) is 0.200. The van der Waals surface area contributed by atoms with Crippen molar-refractivity contribution in [2.45, 2.75) is 18.8 Å². The van der Waals surface area contributed by atoms with E-state index in [4.69, 9.17) is 0 Å². The standard InChI is InChI=1S/C20H24O3P.Pt/c1-3-9-16-11-5-7-13-18(16)20(15-24(21,22)23)19-14-8-6-12-17(19)10-4-2;/h3-8,11-14,20-23H,1-2,9-10,15H2;/q+1;. The Hall–Kier alpha value is -1.08. The predicted molar refractivity (Wildman–Crippen MR) is 101 cm³/mol. The molecule has 0 saturated heterocycles. The first kappa shape index (κ1) is 22.0. The zero-order valence-corrected chi connectivity index (χ0v) is 17.2. The molecule has 0 aliphatic rings. The molecule has 5 heteroatoms. The van der Waals surface area contributed by atoms with Crippen LogP contribution in [0.15, 0.2) is 73.8 Å². The first-order chi connectivity index (χ1) is 11.5. The van der Waals surface area contributed by atoms with E-state index in [2.05, 4.69) is 13.2 Å². The second-order valence-corrected chi connectivity index (χ2v) is 7.56. The number of benzene rings is 2. The van der Waals surface area contributed by atoms with E-state index < -0.39 is 7.94 Å². The van der Waals surface area contributed by atoms with Crippen LogP contribution in [0.25, 0.3) is 0 Å². The van der Waals surface area contributed by atoms with Crippen LogP contribution in [0.3, 0.4) is 0 Å². The molecule has 25 heavy (non-hydrogen) atoms. The van der Waals surface area contributed by atoms with Crippen LogP contribution in [0.2, 0.25) is 0 Å². The van der Waals surface area contributed by atoms with Gasteiger partial charge in [0.05, 0.1) is 5.92 Å². The molecule has 3 nitrogen and oxygen atoms in total. The fourth-order valence-electron chi connectivity index (χ4n) is 3.04.